The molecule has 0 bridgehead atoms. The molecule has 102 valence electrons. The minimum absolute atomic E-state index is 0.0571. The summed E-state index contributed by atoms with van der Waals surface area (Å²) in [6.45, 7) is 6.36. The monoisotopic (exact) mass is 328 g/mol. The highest BCUT2D eigenvalue weighted by Crippen LogP contribution is 2.49. The van der Waals surface area contributed by atoms with Gasteiger partial charge >= 0.3 is 0 Å². The maximum Gasteiger partial charge on any atom is 0.162 e. The number of rotatable bonds is 2. The highest BCUT2D eigenvalue weighted by Gasteiger charge is 2.35. The van der Waals surface area contributed by atoms with E-state index in [0.29, 0.717) is 6.42 Å². The van der Waals surface area contributed by atoms with E-state index in [9.17, 15) is 4.79 Å². The SMILES string of the molecule is CCC(=O)c1ccc2c(c1)C(C)(C)c1cc(Br)ccc1-2. The van der Waals surface area contributed by atoms with Crippen molar-refractivity contribution in [2.24, 2.45) is 0 Å². The van der Waals surface area contributed by atoms with Crippen molar-refractivity contribution in [3.63, 3.8) is 0 Å². The van der Waals surface area contributed by atoms with Crippen molar-refractivity contribution in [1.29, 1.82) is 0 Å². The Hall–Kier alpha value is -1.41. The molecule has 0 saturated heterocycles. The lowest BCUT2D eigenvalue weighted by Gasteiger charge is -2.22. The first-order chi connectivity index (χ1) is 9.45. The molecular formula is C18H17BrO. The van der Waals surface area contributed by atoms with Gasteiger partial charge in [-0.2, -0.15) is 0 Å². The standard InChI is InChI=1S/C18H17BrO/c1-4-17(20)11-5-7-13-14-8-6-12(19)10-16(14)18(2,3)15(13)9-11/h5-10H,4H2,1-3H3. The predicted molar refractivity (Wildman–Crippen MR) is 86.3 cm³/mol. The zero-order valence-corrected chi connectivity index (χ0v) is 13.5. The second kappa shape index (κ2) is 4.56. The third kappa shape index (κ3) is 1.86. The van der Waals surface area contributed by atoms with E-state index in [0.717, 1.165) is 10.0 Å². The number of hydrogen-bond donors (Lipinski definition) is 0. The normalized spacial score (nSPS) is 14.8. The molecule has 0 radical (unpaired) electrons. The Balaban J connectivity index is 2.24. The second-order valence-corrected chi connectivity index (χ2v) is 6.77. The van der Waals surface area contributed by atoms with Crippen molar-refractivity contribution in [3.05, 3.63) is 57.6 Å². The van der Waals surface area contributed by atoms with Crippen LogP contribution in [0.1, 0.15) is 48.7 Å². The summed E-state index contributed by atoms with van der Waals surface area (Å²) in [5.41, 5.74) is 5.88. The third-order valence-electron chi connectivity index (χ3n) is 4.28. The van der Waals surface area contributed by atoms with Gasteiger partial charge in [0.15, 0.2) is 5.78 Å². The Morgan fingerprint density at radius 3 is 2.30 bits per heavy atom. The van der Waals surface area contributed by atoms with Crippen molar-refractivity contribution in [2.45, 2.75) is 32.6 Å². The van der Waals surface area contributed by atoms with E-state index >= 15 is 0 Å². The fourth-order valence-electron chi connectivity index (χ4n) is 3.09. The van der Waals surface area contributed by atoms with E-state index in [2.05, 4.69) is 60.1 Å². The fraction of sp³-hybridized carbons (Fsp3) is 0.278. The Morgan fingerprint density at radius 2 is 1.65 bits per heavy atom. The van der Waals surface area contributed by atoms with E-state index in [4.69, 9.17) is 0 Å². The van der Waals surface area contributed by atoms with Crippen LogP contribution in [0.5, 0.6) is 0 Å². The zero-order valence-electron chi connectivity index (χ0n) is 12.0. The van der Waals surface area contributed by atoms with Gasteiger partial charge in [-0.3, -0.25) is 4.79 Å². The Morgan fingerprint density at radius 1 is 1.05 bits per heavy atom. The van der Waals surface area contributed by atoms with E-state index in [1.165, 1.54) is 22.3 Å². The lowest BCUT2D eigenvalue weighted by Crippen LogP contribution is -2.15. The van der Waals surface area contributed by atoms with Crippen molar-refractivity contribution in [3.8, 4) is 11.1 Å². The molecule has 20 heavy (non-hydrogen) atoms. The quantitative estimate of drug-likeness (QED) is 0.679. The van der Waals surface area contributed by atoms with Crippen LogP contribution >= 0.6 is 15.9 Å². The number of ketones is 1. The fourth-order valence-corrected chi connectivity index (χ4v) is 3.45. The van der Waals surface area contributed by atoms with Crippen LogP contribution in [0.2, 0.25) is 0 Å². The lowest BCUT2D eigenvalue weighted by atomic mass is 9.82. The maximum absolute atomic E-state index is 11.9. The van der Waals surface area contributed by atoms with Crippen molar-refractivity contribution in [1.82, 2.24) is 0 Å². The van der Waals surface area contributed by atoms with Crippen LogP contribution in [-0.4, -0.2) is 5.78 Å². The molecule has 1 aliphatic rings. The molecule has 0 unspecified atom stereocenters. The third-order valence-corrected chi connectivity index (χ3v) is 4.77. The van der Waals surface area contributed by atoms with Crippen molar-refractivity contribution < 1.29 is 4.79 Å². The van der Waals surface area contributed by atoms with Crippen LogP contribution in [0, 0.1) is 0 Å². The van der Waals surface area contributed by atoms with Gasteiger partial charge in [-0.25, -0.2) is 0 Å². The number of halogens is 1. The molecule has 0 saturated carbocycles. The lowest BCUT2D eigenvalue weighted by molar-refractivity contribution is 0.0988. The molecule has 1 aliphatic carbocycles. The van der Waals surface area contributed by atoms with Gasteiger partial charge in [0.1, 0.15) is 0 Å². The predicted octanol–water partition coefficient (Wildman–Crippen LogP) is 5.35. The van der Waals surface area contributed by atoms with Gasteiger partial charge in [-0.05, 0) is 40.5 Å². The molecule has 0 aliphatic heterocycles. The molecule has 0 spiro atoms. The summed E-state index contributed by atoms with van der Waals surface area (Å²) >= 11 is 3.56. The number of benzene rings is 2. The Kier molecular flexibility index (Phi) is 3.09. The molecule has 1 nitrogen and oxygen atoms in total. The minimum atomic E-state index is -0.0571. The number of Topliss-reactive ketones (excluding diaryl/α,β-unsaturated/α-hetero) is 1. The van der Waals surface area contributed by atoms with Crippen molar-refractivity contribution in [2.75, 3.05) is 0 Å². The highest BCUT2D eigenvalue weighted by molar-refractivity contribution is 9.10. The minimum Gasteiger partial charge on any atom is -0.294 e. The van der Waals surface area contributed by atoms with Crippen molar-refractivity contribution >= 4 is 21.7 Å². The average molecular weight is 329 g/mol. The molecule has 0 N–H and O–H groups in total. The largest absolute Gasteiger partial charge is 0.294 e. The summed E-state index contributed by atoms with van der Waals surface area (Å²) in [4.78, 5) is 11.9. The molecule has 0 fully saturated rings. The van der Waals surface area contributed by atoms with Crippen LogP contribution in [-0.2, 0) is 5.41 Å². The molecule has 2 aromatic carbocycles. The van der Waals surface area contributed by atoms with Gasteiger partial charge in [0, 0.05) is 21.9 Å². The van der Waals surface area contributed by atoms with Gasteiger partial charge in [0.2, 0.25) is 0 Å². The number of hydrogen-bond acceptors (Lipinski definition) is 1. The second-order valence-electron chi connectivity index (χ2n) is 5.85. The van der Waals surface area contributed by atoms with E-state index in [1.807, 2.05) is 13.0 Å². The smallest absolute Gasteiger partial charge is 0.162 e. The number of fused-ring (bicyclic) bond motifs is 3. The number of carbonyl (C=O) groups excluding carboxylic acids is 1. The van der Waals surface area contributed by atoms with Crippen LogP contribution in [0.3, 0.4) is 0 Å². The summed E-state index contributed by atoms with van der Waals surface area (Å²) in [6, 6.07) is 12.6. The molecule has 0 aromatic heterocycles. The molecule has 3 rings (SSSR count). The van der Waals surface area contributed by atoms with Gasteiger partial charge < -0.3 is 0 Å². The first-order valence-corrected chi connectivity index (χ1v) is 7.72. The van der Waals surface area contributed by atoms with Crippen LogP contribution in [0.25, 0.3) is 11.1 Å². The maximum atomic E-state index is 11.9. The van der Waals surface area contributed by atoms with Gasteiger partial charge in [0.05, 0.1) is 0 Å². The van der Waals surface area contributed by atoms with Crippen LogP contribution in [0.4, 0.5) is 0 Å². The Labute approximate surface area is 128 Å². The average Bonchev–Trinajstić information content (AvgIpc) is 2.66. The van der Waals surface area contributed by atoms with E-state index < -0.39 is 0 Å². The molecule has 2 aromatic rings. The highest BCUT2D eigenvalue weighted by atomic mass is 79.9. The molecule has 2 heteroatoms. The van der Waals surface area contributed by atoms with E-state index in [-0.39, 0.29) is 11.2 Å². The number of carbonyl (C=O) groups is 1. The van der Waals surface area contributed by atoms with Gasteiger partial charge in [0.25, 0.3) is 0 Å². The van der Waals surface area contributed by atoms with Crippen LogP contribution in [0.15, 0.2) is 40.9 Å². The first kappa shape index (κ1) is 13.6. The summed E-state index contributed by atoms with van der Waals surface area (Å²) < 4.78 is 1.10. The topological polar surface area (TPSA) is 17.1 Å². The Bertz CT molecular complexity index is 713. The molecule has 0 atom stereocenters. The zero-order chi connectivity index (χ0) is 14.5. The molecule has 0 heterocycles. The summed E-state index contributed by atoms with van der Waals surface area (Å²) in [5.74, 6) is 0.209. The molecular weight excluding hydrogens is 312 g/mol. The van der Waals surface area contributed by atoms with Crippen LogP contribution < -0.4 is 0 Å². The summed E-state index contributed by atoms with van der Waals surface area (Å²) in [7, 11) is 0. The van der Waals surface area contributed by atoms with Gasteiger partial charge in [-0.15, -0.1) is 0 Å². The van der Waals surface area contributed by atoms with Gasteiger partial charge in [-0.1, -0.05) is 54.9 Å². The summed E-state index contributed by atoms with van der Waals surface area (Å²) in [5, 5.41) is 0. The van der Waals surface area contributed by atoms with E-state index in [1.54, 1.807) is 0 Å². The molecule has 0 amide bonds. The first-order valence-electron chi connectivity index (χ1n) is 6.93. The summed E-state index contributed by atoms with van der Waals surface area (Å²) in [6.07, 6.45) is 0.553.